The molecule has 3 atom stereocenters. The van der Waals surface area contributed by atoms with Gasteiger partial charge in [-0.3, -0.25) is 4.79 Å². The number of nitrogens with zero attached hydrogens (tertiary/aromatic N) is 3. The molecule has 8 heteroatoms. The lowest BCUT2D eigenvalue weighted by molar-refractivity contribution is -0.142. The molecule has 5 heterocycles. The van der Waals surface area contributed by atoms with Crippen molar-refractivity contribution in [1.29, 1.82) is 0 Å². The van der Waals surface area contributed by atoms with Crippen LogP contribution in [0.15, 0.2) is 141 Å². The van der Waals surface area contributed by atoms with Crippen LogP contribution in [0.25, 0.3) is 0 Å². The molecule has 5 aliphatic heterocycles. The average molecular weight is 785 g/mol. The number of carbonyl (C=O) groups is 1. The van der Waals surface area contributed by atoms with Crippen molar-refractivity contribution >= 4 is 23.1 Å². The van der Waals surface area contributed by atoms with Crippen molar-refractivity contribution in [2.75, 3.05) is 6.61 Å². The first-order valence-electron chi connectivity index (χ1n) is 21.3. The van der Waals surface area contributed by atoms with E-state index >= 15 is 0 Å². The van der Waals surface area contributed by atoms with Gasteiger partial charge in [-0.1, -0.05) is 49.6 Å². The van der Waals surface area contributed by atoms with Gasteiger partial charge in [-0.2, -0.15) is 0 Å². The number of rotatable bonds is 14. The molecule has 3 unspecified atom stereocenters. The third-order valence-corrected chi connectivity index (χ3v) is 12.2. The van der Waals surface area contributed by atoms with E-state index in [1.807, 2.05) is 26.0 Å². The summed E-state index contributed by atoms with van der Waals surface area (Å²) >= 11 is 0. The minimum atomic E-state index is -0.721. The molecule has 8 nitrogen and oxygen atoms in total. The molecule has 0 aromatic heterocycles. The maximum Gasteiger partial charge on any atom is 0.306 e. The summed E-state index contributed by atoms with van der Waals surface area (Å²) in [5.41, 5.74) is 17.4. The molecule has 1 saturated heterocycles. The summed E-state index contributed by atoms with van der Waals surface area (Å²) in [4.78, 5) is 28.7. The molecule has 0 amide bonds. The highest BCUT2D eigenvalue weighted by Crippen LogP contribution is 2.46. The molecule has 0 saturated carbocycles. The van der Waals surface area contributed by atoms with E-state index in [1.165, 1.54) is 22.3 Å². The van der Waals surface area contributed by atoms with Crippen molar-refractivity contribution in [3.05, 3.63) is 126 Å². The molecule has 6 aliphatic rings. The third kappa shape index (κ3) is 9.23. The Labute approximate surface area is 346 Å². The lowest BCUT2D eigenvalue weighted by Gasteiger charge is -2.17. The van der Waals surface area contributed by atoms with Gasteiger partial charge in [0.2, 0.25) is 0 Å². The van der Waals surface area contributed by atoms with Crippen molar-refractivity contribution in [2.24, 2.45) is 32.7 Å². The number of aliphatic hydroxyl groups excluding tert-OH is 2. The number of allylic oxidation sites excluding steroid dienone is 16. The van der Waals surface area contributed by atoms with E-state index in [0.717, 1.165) is 111 Å². The van der Waals surface area contributed by atoms with Crippen LogP contribution in [0.3, 0.4) is 0 Å². The summed E-state index contributed by atoms with van der Waals surface area (Å²) < 4.78 is 5.75. The fourth-order valence-corrected chi connectivity index (χ4v) is 8.83. The van der Waals surface area contributed by atoms with Gasteiger partial charge in [0.25, 0.3) is 0 Å². The molecule has 0 radical (unpaired) electrons. The largest absolute Gasteiger partial charge is 0.511 e. The summed E-state index contributed by atoms with van der Waals surface area (Å²) in [5.74, 6) is 0.466. The number of ether oxygens (including phenoxy) is 1. The zero-order valence-corrected chi connectivity index (χ0v) is 36.7. The fourth-order valence-electron chi connectivity index (χ4n) is 8.83. The van der Waals surface area contributed by atoms with Crippen molar-refractivity contribution in [3.8, 4) is 0 Å². The van der Waals surface area contributed by atoms with Gasteiger partial charge in [-0.15, -0.1) is 0 Å². The van der Waals surface area contributed by atoms with Crippen molar-refractivity contribution in [1.82, 2.24) is 5.32 Å². The van der Waals surface area contributed by atoms with Crippen LogP contribution in [0.2, 0.25) is 0 Å². The van der Waals surface area contributed by atoms with Gasteiger partial charge < -0.3 is 20.3 Å². The molecule has 0 spiro atoms. The molecule has 308 valence electrons. The second kappa shape index (κ2) is 18.0. The number of hydrogen-bond acceptors (Lipinski definition) is 8. The van der Waals surface area contributed by atoms with E-state index in [-0.39, 0.29) is 30.8 Å². The standard InChI is InChI=1S/C50H64N4O4/c1-27(2)14-12-15-29(5)16-13-17-30(6)20-21-58-46(57)19-18-36-31(7)40-24-41-33(9)47(35(11)55)44(52-41)26-39-32(8)37(22-28(3)4)43(51-39)25-42-34(10)48-45(56)23-38(49(36)53-40)50(48)54-42/h14,16,20,24-26,28,31,35-36,53,55-56H,12-13,15,17-19,21-23H2,1-11H3. The highest BCUT2D eigenvalue weighted by molar-refractivity contribution is 6.21. The summed E-state index contributed by atoms with van der Waals surface area (Å²) in [7, 11) is 0. The van der Waals surface area contributed by atoms with Crippen LogP contribution in [0.5, 0.6) is 0 Å². The Kier molecular flexibility index (Phi) is 13.3. The Morgan fingerprint density at radius 2 is 1.55 bits per heavy atom. The van der Waals surface area contributed by atoms with Gasteiger partial charge >= 0.3 is 5.97 Å². The van der Waals surface area contributed by atoms with Crippen LogP contribution in [-0.2, 0) is 9.53 Å². The lowest BCUT2D eigenvalue weighted by Crippen LogP contribution is -2.16. The number of esters is 1. The predicted octanol–water partition coefficient (Wildman–Crippen LogP) is 11.4. The Hall–Kier alpha value is -4.82. The number of aliphatic hydroxyl groups is 2. The Morgan fingerprint density at radius 3 is 2.24 bits per heavy atom. The van der Waals surface area contributed by atoms with Gasteiger partial charge in [0.1, 0.15) is 12.4 Å². The number of nitrogens with one attached hydrogen (secondary N) is 1. The number of carbonyl (C=O) groups excluding carboxylic acids is 1. The van der Waals surface area contributed by atoms with Gasteiger partial charge in [0.05, 0.1) is 40.3 Å². The molecule has 0 aromatic carbocycles. The van der Waals surface area contributed by atoms with Crippen LogP contribution in [0.1, 0.15) is 128 Å². The smallest absolute Gasteiger partial charge is 0.306 e. The minimum Gasteiger partial charge on any atom is -0.511 e. The first-order valence-corrected chi connectivity index (χ1v) is 21.3. The van der Waals surface area contributed by atoms with E-state index in [4.69, 9.17) is 19.7 Å². The SMILES string of the molecule is CC(C)=CCCC(C)=CCCC(C)=CCOC(=O)CCC1C2=C3CC(O)=C4C3=NC(=C4C)C=C3N=C(C=C4N=C(C=C(N2)C1C)C(C)=C4C(C)O)C(C)=C3CC(C)C. The molecule has 0 aromatic rings. The van der Waals surface area contributed by atoms with Crippen LogP contribution in [0.4, 0.5) is 0 Å². The van der Waals surface area contributed by atoms with Crippen molar-refractivity contribution in [2.45, 2.75) is 134 Å². The number of fused-ring (bicyclic) bond motifs is 5. The zero-order valence-electron chi connectivity index (χ0n) is 36.7. The Bertz CT molecular complexity index is 2210. The van der Waals surface area contributed by atoms with Gasteiger partial charge in [0.15, 0.2) is 0 Å². The molecule has 3 N–H and O–H groups in total. The van der Waals surface area contributed by atoms with Gasteiger partial charge in [-0.25, -0.2) is 15.0 Å². The molecular weight excluding hydrogens is 721 g/mol. The van der Waals surface area contributed by atoms with Crippen LogP contribution in [-0.4, -0.2) is 46.0 Å². The predicted molar refractivity (Wildman–Crippen MR) is 238 cm³/mol. The first kappa shape index (κ1) is 42.8. The lowest BCUT2D eigenvalue weighted by atomic mass is 9.86. The average Bonchev–Trinajstić information content (AvgIpc) is 3.90. The molecular formula is C50H64N4O4. The fraction of sp³-hybridized carbons (Fsp3) is 0.480. The first-order chi connectivity index (χ1) is 27.5. The highest BCUT2D eigenvalue weighted by Gasteiger charge is 2.41. The third-order valence-electron chi connectivity index (χ3n) is 12.2. The maximum atomic E-state index is 13.2. The zero-order chi connectivity index (χ0) is 42.0. The van der Waals surface area contributed by atoms with E-state index in [1.54, 1.807) is 6.92 Å². The van der Waals surface area contributed by atoms with Crippen molar-refractivity contribution in [3.63, 3.8) is 0 Å². The highest BCUT2D eigenvalue weighted by atomic mass is 16.5. The molecule has 6 rings (SSSR count). The van der Waals surface area contributed by atoms with E-state index < -0.39 is 6.10 Å². The quantitative estimate of drug-likeness (QED) is 0.120. The van der Waals surface area contributed by atoms with E-state index in [2.05, 4.69) is 85.0 Å². The summed E-state index contributed by atoms with van der Waals surface area (Å²) in [5, 5.41) is 26.3. The molecule has 8 bridgehead atoms. The second-order valence-corrected chi connectivity index (χ2v) is 17.6. The summed E-state index contributed by atoms with van der Waals surface area (Å²) in [6.07, 6.45) is 18.2. The molecule has 58 heavy (non-hydrogen) atoms. The van der Waals surface area contributed by atoms with Crippen LogP contribution < -0.4 is 5.32 Å². The minimum absolute atomic E-state index is 0.0122. The monoisotopic (exact) mass is 784 g/mol. The van der Waals surface area contributed by atoms with E-state index in [9.17, 15) is 15.0 Å². The molecule has 1 aliphatic carbocycles. The Balaban J connectivity index is 1.28. The Morgan fingerprint density at radius 1 is 0.879 bits per heavy atom. The topological polar surface area (TPSA) is 116 Å². The van der Waals surface area contributed by atoms with Crippen molar-refractivity contribution < 1.29 is 19.7 Å². The van der Waals surface area contributed by atoms with Crippen LogP contribution in [0, 0.1) is 17.8 Å². The number of hydrogen-bond donors (Lipinski definition) is 3. The molecule has 1 fully saturated rings. The maximum absolute atomic E-state index is 13.2. The van der Waals surface area contributed by atoms with Crippen LogP contribution >= 0.6 is 0 Å². The van der Waals surface area contributed by atoms with Gasteiger partial charge in [0, 0.05) is 52.8 Å². The second-order valence-electron chi connectivity index (χ2n) is 17.6. The van der Waals surface area contributed by atoms with E-state index in [0.29, 0.717) is 24.5 Å². The summed E-state index contributed by atoms with van der Waals surface area (Å²) in [6, 6.07) is 0. The number of aliphatic imine (C=N–C) groups is 3. The van der Waals surface area contributed by atoms with Gasteiger partial charge in [-0.05, 0) is 146 Å². The summed E-state index contributed by atoms with van der Waals surface area (Å²) in [6.45, 7) is 23.4. The normalized spacial score (nSPS) is 22.4.